The Kier molecular flexibility index (Phi) is 5.78. The van der Waals surface area contributed by atoms with Gasteiger partial charge in [0, 0.05) is 19.5 Å². The van der Waals surface area contributed by atoms with Gasteiger partial charge in [0.25, 0.3) is 0 Å². The van der Waals surface area contributed by atoms with E-state index in [0.29, 0.717) is 43.2 Å². The first kappa shape index (κ1) is 17.2. The minimum Gasteiger partial charge on any atom is -0.496 e. The predicted molar refractivity (Wildman–Crippen MR) is 83.7 cm³/mol. The highest BCUT2D eigenvalue weighted by molar-refractivity contribution is 5.35. The molecule has 1 saturated heterocycles. The molecule has 4 nitrogen and oxygen atoms in total. The van der Waals surface area contributed by atoms with Crippen LogP contribution in [0.25, 0.3) is 0 Å². The molecular formula is C17H26FNO3. The second-order valence-electron chi connectivity index (χ2n) is 6.40. The smallest absolute Gasteiger partial charge is 0.123 e. The van der Waals surface area contributed by atoms with E-state index in [9.17, 15) is 9.50 Å². The lowest BCUT2D eigenvalue weighted by Gasteiger charge is -2.40. The van der Waals surface area contributed by atoms with Crippen LogP contribution < -0.4 is 10.1 Å². The summed E-state index contributed by atoms with van der Waals surface area (Å²) >= 11 is 0. The van der Waals surface area contributed by atoms with Gasteiger partial charge in [0.1, 0.15) is 11.6 Å². The van der Waals surface area contributed by atoms with Gasteiger partial charge in [0.05, 0.1) is 25.4 Å². The van der Waals surface area contributed by atoms with Crippen LogP contribution >= 0.6 is 0 Å². The molecule has 5 heteroatoms. The summed E-state index contributed by atoms with van der Waals surface area (Å²) < 4.78 is 24.7. The van der Waals surface area contributed by atoms with Gasteiger partial charge in [-0.25, -0.2) is 4.39 Å². The lowest BCUT2D eigenvalue weighted by Crippen LogP contribution is -2.55. The minimum atomic E-state index is -1.05. The van der Waals surface area contributed by atoms with Crippen LogP contribution in [0.2, 0.25) is 0 Å². The topological polar surface area (TPSA) is 50.7 Å². The predicted octanol–water partition coefficient (Wildman–Crippen LogP) is 2.14. The third-order valence-corrected chi connectivity index (χ3v) is 4.03. The van der Waals surface area contributed by atoms with Crippen LogP contribution in [0.3, 0.4) is 0 Å². The summed E-state index contributed by atoms with van der Waals surface area (Å²) in [6.07, 6.45) is 0.578. The molecular weight excluding hydrogens is 285 g/mol. The molecule has 0 aliphatic carbocycles. The van der Waals surface area contributed by atoms with E-state index >= 15 is 0 Å². The number of halogens is 1. The van der Waals surface area contributed by atoms with Gasteiger partial charge in [-0.2, -0.15) is 0 Å². The zero-order valence-electron chi connectivity index (χ0n) is 13.6. The number of aliphatic hydroxyl groups is 1. The fourth-order valence-corrected chi connectivity index (χ4v) is 3.15. The van der Waals surface area contributed by atoms with E-state index in [1.807, 2.05) is 0 Å². The number of rotatable bonds is 6. The molecule has 2 rings (SSSR count). The van der Waals surface area contributed by atoms with Crippen molar-refractivity contribution in [2.75, 3.05) is 26.8 Å². The van der Waals surface area contributed by atoms with Crippen LogP contribution in [0.1, 0.15) is 25.8 Å². The van der Waals surface area contributed by atoms with Crippen LogP contribution in [0.15, 0.2) is 18.2 Å². The van der Waals surface area contributed by atoms with Gasteiger partial charge >= 0.3 is 0 Å². The molecule has 0 radical (unpaired) electrons. The third-order valence-electron chi connectivity index (χ3n) is 4.03. The summed E-state index contributed by atoms with van der Waals surface area (Å²) in [4.78, 5) is 0. The summed E-state index contributed by atoms with van der Waals surface area (Å²) in [5, 5.41) is 14.5. The molecule has 1 aromatic carbocycles. The third kappa shape index (κ3) is 4.18. The first-order valence-electron chi connectivity index (χ1n) is 7.82. The normalized spacial score (nSPS) is 21.6. The SMILES string of the molecule is COc1ccc(F)cc1C[C@](O)(CC(C)C)C1CNCCO1. The molecule has 1 fully saturated rings. The summed E-state index contributed by atoms with van der Waals surface area (Å²) in [5.41, 5.74) is -0.386. The number of hydrogen-bond acceptors (Lipinski definition) is 4. The van der Waals surface area contributed by atoms with Crippen molar-refractivity contribution in [2.24, 2.45) is 5.92 Å². The Bertz CT molecular complexity index is 489. The monoisotopic (exact) mass is 311 g/mol. The van der Waals surface area contributed by atoms with E-state index in [1.165, 1.54) is 12.1 Å². The molecule has 1 aromatic rings. The zero-order valence-corrected chi connectivity index (χ0v) is 13.6. The lowest BCUT2D eigenvalue weighted by molar-refractivity contribution is -0.127. The van der Waals surface area contributed by atoms with Gasteiger partial charge in [-0.05, 0) is 36.1 Å². The molecule has 0 amide bonds. The average molecular weight is 311 g/mol. The van der Waals surface area contributed by atoms with E-state index in [4.69, 9.17) is 9.47 Å². The maximum atomic E-state index is 13.6. The second kappa shape index (κ2) is 7.40. The summed E-state index contributed by atoms with van der Waals surface area (Å²) in [5.74, 6) is 0.563. The Morgan fingerprint density at radius 2 is 2.27 bits per heavy atom. The van der Waals surface area contributed by atoms with E-state index in [0.717, 1.165) is 6.54 Å². The molecule has 0 bridgehead atoms. The number of ether oxygens (including phenoxy) is 2. The highest BCUT2D eigenvalue weighted by Crippen LogP contribution is 2.32. The molecule has 2 atom stereocenters. The Labute approximate surface area is 131 Å². The quantitative estimate of drug-likeness (QED) is 0.845. The van der Waals surface area contributed by atoms with Crippen molar-refractivity contribution in [2.45, 2.75) is 38.4 Å². The molecule has 0 aromatic heterocycles. The number of methoxy groups -OCH3 is 1. The van der Waals surface area contributed by atoms with Crippen LogP contribution in [-0.2, 0) is 11.2 Å². The summed E-state index contributed by atoms with van der Waals surface area (Å²) in [6, 6.07) is 4.39. The van der Waals surface area contributed by atoms with E-state index in [2.05, 4.69) is 19.2 Å². The minimum absolute atomic E-state index is 0.301. The Morgan fingerprint density at radius 1 is 1.50 bits per heavy atom. The fraction of sp³-hybridized carbons (Fsp3) is 0.647. The van der Waals surface area contributed by atoms with Crippen molar-refractivity contribution in [3.8, 4) is 5.75 Å². The van der Waals surface area contributed by atoms with Crippen molar-refractivity contribution < 1.29 is 19.0 Å². The molecule has 1 aliphatic heterocycles. The molecule has 0 spiro atoms. The fourth-order valence-electron chi connectivity index (χ4n) is 3.15. The maximum Gasteiger partial charge on any atom is 0.123 e. The van der Waals surface area contributed by atoms with Crippen LogP contribution in [-0.4, -0.2) is 43.6 Å². The lowest BCUT2D eigenvalue weighted by atomic mass is 9.81. The Balaban J connectivity index is 2.27. The van der Waals surface area contributed by atoms with Crippen LogP contribution in [0.5, 0.6) is 5.75 Å². The second-order valence-corrected chi connectivity index (χ2v) is 6.40. The van der Waals surface area contributed by atoms with Gasteiger partial charge in [-0.3, -0.25) is 0 Å². The largest absolute Gasteiger partial charge is 0.496 e. The summed E-state index contributed by atoms with van der Waals surface area (Å²) in [6.45, 7) is 6.08. The Hall–Kier alpha value is -1.17. The average Bonchev–Trinajstić information content (AvgIpc) is 2.47. The molecule has 1 unspecified atom stereocenters. The van der Waals surface area contributed by atoms with Gasteiger partial charge in [0.2, 0.25) is 0 Å². The van der Waals surface area contributed by atoms with Crippen molar-refractivity contribution in [3.05, 3.63) is 29.6 Å². The maximum absolute atomic E-state index is 13.6. The number of morpholine rings is 1. The highest BCUT2D eigenvalue weighted by atomic mass is 19.1. The molecule has 22 heavy (non-hydrogen) atoms. The van der Waals surface area contributed by atoms with Crippen LogP contribution in [0.4, 0.5) is 4.39 Å². The van der Waals surface area contributed by atoms with Crippen molar-refractivity contribution >= 4 is 0 Å². The van der Waals surface area contributed by atoms with Gasteiger partial charge in [0.15, 0.2) is 0 Å². The number of hydrogen-bond donors (Lipinski definition) is 2. The molecule has 2 N–H and O–H groups in total. The molecule has 1 heterocycles. The highest BCUT2D eigenvalue weighted by Gasteiger charge is 2.40. The first-order valence-corrected chi connectivity index (χ1v) is 7.82. The number of benzene rings is 1. The van der Waals surface area contributed by atoms with E-state index in [1.54, 1.807) is 13.2 Å². The van der Waals surface area contributed by atoms with E-state index < -0.39 is 5.60 Å². The summed E-state index contributed by atoms with van der Waals surface area (Å²) in [7, 11) is 1.55. The number of nitrogens with one attached hydrogen (secondary N) is 1. The molecule has 124 valence electrons. The first-order chi connectivity index (χ1) is 10.4. The molecule has 0 saturated carbocycles. The Morgan fingerprint density at radius 3 is 2.86 bits per heavy atom. The van der Waals surface area contributed by atoms with Crippen molar-refractivity contribution in [1.29, 1.82) is 0 Å². The molecule has 1 aliphatic rings. The van der Waals surface area contributed by atoms with Gasteiger partial charge in [-0.1, -0.05) is 13.8 Å². The zero-order chi connectivity index (χ0) is 16.2. The standard InChI is InChI=1S/C17H26FNO3/c1-12(2)9-17(20,16-11-19-6-7-22-16)10-13-8-14(18)4-5-15(13)21-3/h4-5,8,12,16,19-20H,6-7,9-11H2,1-3H3/t16?,17-/m1/s1. The van der Waals surface area contributed by atoms with Crippen molar-refractivity contribution in [1.82, 2.24) is 5.32 Å². The van der Waals surface area contributed by atoms with E-state index in [-0.39, 0.29) is 11.9 Å². The van der Waals surface area contributed by atoms with Gasteiger partial charge < -0.3 is 19.9 Å². The van der Waals surface area contributed by atoms with Crippen molar-refractivity contribution in [3.63, 3.8) is 0 Å². The van der Waals surface area contributed by atoms with Crippen LogP contribution in [0, 0.1) is 11.7 Å². The van der Waals surface area contributed by atoms with Gasteiger partial charge in [-0.15, -0.1) is 0 Å².